The van der Waals surface area contributed by atoms with Crippen LogP contribution in [0.3, 0.4) is 0 Å². The Morgan fingerprint density at radius 2 is 2.06 bits per heavy atom. The van der Waals surface area contributed by atoms with E-state index in [0.29, 0.717) is 5.82 Å². The first-order valence-electron chi connectivity index (χ1n) is 5.51. The molecular weight excluding hydrogens is 218 g/mol. The molecule has 1 heterocycles. The average molecular weight is 237 g/mol. The van der Waals surface area contributed by atoms with Gasteiger partial charge in [0.1, 0.15) is 5.82 Å². The monoisotopic (exact) mass is 237 g/mol. The third-order valence-corrected chi connectivity index (χ3v) is 2.69. The van der Waals surface area contributed by atoms with Crippen molar-refractivity contribution in [2.75, 3.05) is 12.4 Å². The third kappa shape index (κ3) is 3.69. The second-order valence-corrected chi connectivity index (χ2v) is 5.01. The Morgan fingerprint density at radius 3 is 2.59 bits per heavy atom. The van der Waals surface area contributed by atoms with Crippen molar-refractivity contribution in [3.05, 3.63) is 18.1 Å². The first kappa shape index (κ1) is 13.4. The number of carbonyl (C=O) groups is 1. The molecule has 0 aliphatic heterocycles. The molecule has 0 bridgehead atoms. The highest BCUT2D eigenvalue weighted by atomic mass is 16.5. The normalized spacial score (nSPS) is 13.0. The Morgan fingerprint density at radius 1 is 1.41 bits per heavy atom. The lowest BCUT2D eigenvalue weighted by atomic mass is 9.88. The summed E-state index contributed by atoms with van der Waals surface area (Å²) in [5, 5.41) is 3.22. The van der Waals surface area contributed by atoms with E-state index in [2.05, 4.69) is 47.7 Å². The van der Waals surface area contributed by atoms with Crippen LogP contribution in [0.4, 0.5) is 5.82 Å². The van der Waals surface area contributed by atoms with E-state index < -0.39 is 5.97 Å². The van der Waals surface area contributed by atoms with Crippen LogP contribution in [0.25, 0.3) is 0 Å². The maximum atomic E-state index is 11.3. The van der Waals surface area contributed by atoms with Crippen molar-refractivity contribution >= 4 is 11.8 Å². The van der Waals surface area contributed by atoms with Crippen LogP contribution in [0.15, 0.2) is 12.4 Å². The quantitative estimate of drug-likeness (QED) is 0.816. The van der Waals surface area contributed by atoms with Crippen molar-refractivity contribution in [2.45, 2.75) is 33.7 Å². The molecule has 1 N–H and O–H groups in total. The molecule has 0 saturated carbocycles. The van der Waals surface area contributed by atoms with Gasteiger partial charge in [0.2, 0.25) is 0 Å². The van der Waals surface area contributed by atoms with Gasteiger partial charge >= 0.3 is 5.97 Å². The van der Waals surface area contributed by atoms with E-state index in [0.717, 1.165) is 0 Å². The van der Waals surface area contributed by atoms with E-state index in [1.165, 1.54) is 13.3 Å². The van der Waals surface area contributed by atoms with Crippen LogP contribution in [0.1, 0.15) is 38.2 Å². The molecule has 5 heteroatoms. The van der Waals surface area contributed by atoms with Gasteiger partial charge in [0.25, 0.3) is 0 Å². The third-order valence-electron chi connectivity index (χ3n) is 2.69. The minimum Gasteiger partial charge on any atom is -0.464 e. The highest BCUT2D eigenvalue weighted by molar-refractivity contribution is 5.87. The fraction of sp³-hybridized carbons (Fsp3) is 0.583. The largest absolute Gasteiger partial charge is 0.464 e. The highest BCUT2D eigenvalue weighted by Gasteiger charge is 2.20. The number of hydrogen-bond acceptors (Lipinski definition) is 5. The first-order valence-corrected chi connectivity index (χ1v) is 5.51. The van der Waals surface area contributed by atoms with E-state index in [1.54, 1.807) is 6.20 Å². The van der Waals surface area contributed by atoms with E-state index >= 15 is 0 Å². The van der Waals surface area contributed by atoms with Crippen molar-refractivity contribution < 1.29 is 9.53 Å². The van der Waals surface area contributed by atoms with Crippen LogP contribution in [-0.2, 0) is 4.74 Å². The van der Waals surface area contributed by atoms with Crippen molar-refractivity contribution in [1.29, 1.82) is 0 Å². The molecule has 0 aliphatic carbocycles. The van der Waals surface area contributed by atoms with Crippen molar-refractivity contribution in [3.63, 3.8) is 0 Å². The number of rotatable bonds is 3. The van der Waals surface area contributed by atoms with Crippen LogP contribution in [0.2, 0.25) is 0 Å². The van der Waals surface area contributed by atoms with E-state index in [9.17, 15) is 4.79 Å². The zero-order chi connectivity index (χ0) is 13.1. The smallest absolute Gasteiger partial charge is 0.358 e. The topological polar surface area (TPSA) is 64.1 Å². The van der Waals surface area contributed by atoms with Gasteiger partial charge in [-0.05, 0) is 12.3 Å². The molecule has 1 unspecified atom stereocenters. The number of anilines is 1. The number of esters is 1. The lowest BCUT2D eigenvalue weighted by Gasteiger charge is -2.28. The summed E-state index contributed by atoms with van der Waals surface area (Å²) in [7, 11) is 1.32. The Balaban J connectivity index is 2.83. The fourth-order valence-electron chi connectivity index (χ4n) is 1.08. The molecular formula is C12H19N3O2. The summed E-state index contributed by atoms with van der Waals surface area (Å²) >= 11 is 0. The molecule has 0 spiro atoms. The summed E-state index contributed by atoms with van der Waals surface area (Å²) in [6, 6.07) is 0.213. The van der Waals surface area contributed by atoms with Crippen molar-refractivity contribution in [2.24, 2.45) is 5.41 Å². The first-order chi connectivity index (χ1) is 7.84. The molecule has 0 saturated heterocycles. The van der Waals surface area contributed by atoms with E-state index in [-0.39, 0.29) is 17.2 Å². The van der Waals surface area contributed by atoms with Gasteiger partial charge in [0, 0.05) is 6.04 Å². The highest BCUT2D eigenvalue weighted by Crippen LogP contribution is 2.21. The molecule has 0 amide bonds. The number of nitrogens with zero attached hydrogens (tertiary/aromatic N) is 2. The standard InChI is InChI=1S/C12H19N3O2/c1-8(12(2,3)4)14-10-7-13-6-9(15-10)11(16)17-5/h6-8H,1-5H3,(H,14,15). The molecule has 94 valence electrons. The molecule has 1 aromatic heterocycles. The van der Waals surface area contributed by atoms with Crippen LogP contribution < -0.4 is 5.32 Å². The molecule has 5 nitrogen and oxygen atoms in total. The van der Waals surface area contributed by atoms with Gasteiger partial charge in [-0.25, -0.2) is 9.78 Å². The van der Waals surface area contributed by atoms with Crippen LogP contribution in [0.5, 0.6) is 0 Å². The predicted octanol–water partition coefficient (Wildman–Crippen LogP) is 2.11. The Hall–Kier alpha value is -1.65. The van der Waals surface area contributed by atoms with Crippen LogP contribution in [-0.4, -0.2) is 29.1 Å². The molecule has 17 heavy (non-hydrogen) atoms. The lowest BCUT2D eigenvalue weighted by molar-refractivity contribution is 0.0593. The van der Waals surface area contributed by atoms with Gasteiger partial charge in [-0.3, -0.25) is 4.98 Å². The summed E-state index contributed by atoms with van der Waals surface area (Å²) in [4.78, 5) is 19.4. The molecule has 1 rings (SSSR count). The molecule has 0 aliphatic rings. The van der Waals surface area contributed by atoms with Gasteiger partial charge < -0.3 is 10.1 Å². The molecule has 1 atom stereocenters. The SMILES string of the molecule is COC(=O)c1cncc(NC(C)C(C)(C)C)n1. The minimum absolute atomic E-state index is 0.100. The lowest BCUT2D eigenvalue weighted by Crippen LogP contribution is -2.31. The van der Waals surface area contributed by atoms with Gasteiger partial charge in [-0.2, -0.15) is 0 Å². The maximum absolute atomic E-state index is 11.3. The number of ether oxygens (including phenoxy) is 1. The number of carbonyl (C=O) groups excluding carboxylic acids is 1. The average Bonchev–Trinajstić information content (AvgIpc) is 2.27. The van der Waals surface area contributed by atoms with Crippen LogP contribution >= 0.6 is 0 Å². The Kier molecular flexibility index (Phi) is 4.04. The Labute approximate surface area is 102 Å². The zero-order valence-electron chi connectivity index (χ0n) is 10.9. The molecule has 0 fully saturated rings. The number of aromatic nitrogens is 2. The number of methoxy groups -OCH3 is 1. The Bertz CT molecular complexity index is 399. The van der Waals surface area contributed by atoms with Crippen molar-refractivity contribution in [3.8, 4) is 0 Å². The second-order valence-electron chi connectivity index (χ2n) is 5.01. The van der Waals surface area contributed by atoms with Gasteiger partial charge in [0.15, 0.2) is 5.69 Å². The summed E-state index contributed by atoms with van der Waals surface area (Å²) < 4.78 is 4.59. The van der Waals surface area contributed by atoms with E-state index in [4.69, 9.17) is 0 Å². The van der Waals surface area contributed by atoms with Gasteiger partial charge in [-0.1, -0.05) is 20.8 Å². The molecule has 1 aromatic rings. The number of nitrogens with one attached hydrogen (secondary N) is 1. The minimum atomic E-state index is -0.482. The predicted molar refractivity (Wildman–Crippen MR) is 65.9 cm³/mol. The number of hydrogen-bond donors (Lipinski definition) is 1. The summed E-state index contributed by atoms with van der Waals surface area (Å²) in [5.74, 6) is 0.0971. The fourth-order valence-corrected chi connectivity index (χ4v) is 1.08. The molecule has 0 aromatic carbocycles. The van der Waals surface area contributed by atoms with Crippen molar-refractivity contribution in [1.82, 2.24) is 9.97 Å². The van der Waals surface area contributed by atoms with E-state index in [1.807, 2.05) is 0 Å². The summed E-state index contributed by atoms with van der Waals surface area (Å²) in [5.41, 5.74) is 0.307. The molecule has 0 radical (unpaired) electrons. The summed E-state index contributed by atoms with van der Waals surface area (Å²) in [6.45, 7) is 8.44. The van der Waals surface area contributed by atoms with Gasteiger partial charge in [-0.15, -0.1) is 0 Å². The van der Waals surface area contributed by atoms with Gasteiger partial charge in [0.05, 0.1) is 19.5 Å². The summed E-state index contributed by atoms with van der Waals surface area (Å²) in [6.07, 6.45) is 2.98. The van der Waals surface area contributed by atoms with Crippen LogP contribution in [0, 0.1) is 5.41 Å². The zero-order valence-corrected chi connectivity index (χ0v) is 10.9. The maximum Gasteiger partial charge on any atom is 0.358 e. The second kappa shape index (κ2) is 5.12.